The summed E-state index contributed by atoms with van der Waals surface area (Å²) in [6.45, 7) is 2.28. The molecule has 0 atom stereocenters. The SMILES string of the molecule is O=C(c1ccc2[nH]c(-c3ccccc3)nc2c1)N1CCN(c2nc3ccccc3c(=O)[nH]2)CC1. The molecule has 2 aromatic heterocycles. The smallest absolute Gasteiger partial charge is 0.260 e. The second-order valence-electron chi connectivity index (χ2n) is 8.37. The van der Waals surface area contributed by atoms with Crippen LogP contribution in [-0.4, -0.2) is 56.9 Å². The predicted octanol–water partition coefficient (Wildman–Crippen LogP) is 3.43. The standard InChI is InChI=1S/C26H22N6O2/c33-24-19-8-4-5-9-20(19)29-26(30-24)32-14-12-31(13-15-32)25(34)18-10-11-21-22(16-18)28-23(27-21)17-6-2-1-3-7-17/h1-11,16H,12-15H2,(H,27,28)(H,29,30,33). The Morgan fingerprint density at radius 2 is 1.56 bits per heavy atom. The second-order valence-corrected chi connectivity index (χ2v) is 8.37. The average molecular weight is 451 g/mol. The fraction of sp³-hybridized carbons (Fsp3) is 0.154. The molecule has 1 amide bonds. The zero-order valence-corrected chi connectivity index (χ0v) is 18.4. The molecule has 1 fully saturated rings. The Bertz CT molecular complexity index is 1570. The van der Waals surface area contributed by atoms with Crippen LogP contribution >= 0.6 is 0 Å². The highest BCUT2D eigenvalue weighted by Crippen LogP contribution is 2.22. The summed E-state index contributed by atoms with van der Waals surface area (Å²) in [6, 6.07) is 22.8. The van der Waals surface area contributed by atoms with Crippen molar-refractivity contribution in [2.45, 2.75) is 0 Å². The Hall–Kier alpha value is -4.46. The van der Waals surface area contributed by atoms with Gasteiger partial charge in [-0.15, -0.1) is 0 Å². The Balaban J connectivity index is 1.19. The molecule has 5 aromatic rings. The van der Waals surface area contributed by atoms with E-state index in [1.54, 1.807) is 6.07 Å². The first kappa shape index (κ1) is 20.2. The number of benzene rings is 3. The maximum absolute atomic E-state index is 13.2. The summed E-state index contributed by atoms with van der Waals surface area (Å²) in [5.41, 5.74) is 3.79. The average Bonchev–Trinajstić information content (AvgIpc) is 3.32. The number of fused-ring (bicyclic) bond motifs is 2. The van der Waals surface area contributed by atoms with Crippen LogP contribution in [0.5, 0.6) is 0 Å². The van der Waals surface area contributed by atoms with Gasteiger partial charge in [0.2, 0.25) is 5.95 Å². The largest absolute Gasteiger partial charge is 0.339 e. The van der Waals surface area contributed by atoms with Crippen molar-refractivity contribution in [3.05, 3.63) is 88.7 Å². The maximum atomic E-state index is 13.2. The van der Waals surface area contributed by atoms with E-state index in [0.717, 1.165) is 22.4 Å². The number of aromatic amines is 2. The van der Waals surface area contributed by atoms with Crippen LogP contribution in [0.3, 0.4) is 0 Å². The van der Waals surface area contributed by atoms with Gasteiger partial charge < -0.3 is 14.8 Å². The minimum absolute atomic E-state index is 0.0224. The molecule has 0 radical (unpaired) electrons. The zero-order valence-electron chi connectivity index (χ0n) is 18.4. The van der Waals surface area contributed by atoms with Crippen LogP contribution in [0, 0.1) is 0 Å². The van der Waals surface area contributed by atoms with E-state index in [2.05, 4.69) is 19.9 Å². The van der Waals surface area contributed by atoms with Gasteiger partial charge in [-0.05, 0) is 30.3 Å². The number of anilines is 1. The molecule has 0 saturated carbocycles. The topological polar surface area (TPSA) is 98.0 Å². The van der Waals surface area contributed by atoms with E-state index >= 15 is 0 Å². The summed E-state index contributed by atoms with van der Waals surface area (Å²) < 4.78 is 0. The molecule has 0 spiro atoms. The molecular weight excluding hydrogens is 428 g/mol. The van der Waals surface area contributed by atoms with Crippen LogP contribution < -0.4 is 10.5 Å². The zero-order chi connectivity index (χ0) is 23.1. The van der Waals surface area contributed by atoms with Crippen LogP contribution in [-0.2, 0) is 0 Å². The summed E-state index contributed by atoms with van der Waals surface area (Å²) >= 11 is 0. The molecule has 8 heteroatoms. The quantitative estimate of drug-likeness (QED) is 0.439. The van der Waals surface area contributed by atoms with Crippen molar-refractivity contribution in [3.8, 4) is 11.4 Å². The molecule has 6 rings (SSSR count). The summed E-state index contributed by atoms with van der Waals surface area (Å²) in [5.74, 6) is 1.30. The molecule has 1 aliphatic heterocycles. The number of nitrogens with one attached hydrogen (secondary N) is 2. The lowest BCUT2D eigenvalue weighted by molar-refractivity contribution is 0.0746. The predicted molar refractivity (Wildman–Crippen MR) is 132 cm³/mol. The van der Waals surface area contributed by atoms with Crippen molar-refractivity contribution >= 4 is 33.8 Å². The monoisotopic (exact) mass is 450 g/mol. The third-order valence-corrected chi connectivity index (χ3v) is 6.24. The molecule has 3 aromatic carbocycles. The van der Waals surface area contributed by atoms with Crippen LogP contribution in [0.4, 0.5) is 5.95 Å². The minimum atomic E-state index is -0.152. The first-order chi connectivity index (χ1) is 16.7. The van der Waals surface area contributed by atoms with Crippen molar-refractivity contribution < 1.29 is 4.79 Å². The number of rotatable bonds is 3. The minimum Gasteiger partial charge on any atom is -0.339 e. The van der Waals surface area contributed by atoms with Gasteiger partial charge in [0.25, 0.3) is 11.5 Å². The van der Waals surface area contributed by atoms with Gasteiger partial charge in [0.15, 0.2) is 0 Å². The van der Waals surface area contributed by atoms with Crippen LogP contribution in [0.1, 0.15) is 10.4 Å². The number of carbonyl (C=O) groups is 1. The lowest BCUT2D eigenvalue weighted by Gasteiger charge is -2.35. The first-order valence-electron chi connectivity index (χ1n) is 11.2. The number of nitrogens with zero attached hydrogens (tertiary/aromatic N) is 4. The van der Waals surface area contributed by atoms with Crippen molar-refractivity contribution in [1.29, 1.82) is 0 Å². The van der Waals surface area contributed by atoms with Gasteiger partial charge in [-0.2, -0.15) is 0 Å². The third-order valence-electron chi connectivity index (χ3n) is 6.24. The molecule has 1 saturated heterocycles. The number of amides is 1. The van der Waals surface area contributed by atoms with Gasteiger partial charge in [0, 0.05) is 37.3 Å². The Morgan fingerprint density at radius 1 is 0.794 bits per heavy atom. The van der Waals surface area contributed by atoms with E-state index in [9.17, 15) is 9.59 Å². The highest BCUT2D eigenvalue weighted by atomic mass is 16.2. The molecule has 3 heterocycles. The molecule has 0 aliphatic carbocycles. The number of piperazine rings is 1. The van der Waals surface area contributed by atoms with E-state index in [4.69, 9.17) is 0 Å². The number of imidazole rings is 1. The van der Waals surface area contributed by atoms with Crippen LogP contribution in [0.25, 0.3) is 33.3 Å². The van der Waals surface area contributed by atoms with Crippen LogP contribution in [0.2, 0.25) is 0 Å². The van der Waals surface area contributed by atoms with E-state index in [1.165, 1.54) is 0 Å². The Morgan fingerprint density at radius 3 is 2.38 bits per heavy atom. The molecule has 2 N–H and O–H groups in total. The van der Waals surface area contributed by atoms with Crippen molar-refractivity contribution in [2.24, 2.45) is 0 Å². The summed E-state index contributed by atoms with van der Waals surface area (Å²) in [5, 5.41) is 0.573. The van der Waals surface area contributed by atoms with Crippen molar-refractivity contribution in [2.75, 3.05) is 31.1 Å². The third kappa shape index (κ3) is 3.59. The van der Waals surface area contributed by atoms with Gasteiger partial charge in [-0.1, -0.05) is 42.5 Å². The van der Waals surface area contributed by atoms with E-state index in [-0.39, 0.29) is 11.5 Å². The van der Waals surface area contributed by atoms with Gasteiger partial charge in [0.05, 0.1) is 21.9 Å². The van der Waals surface area contributed by atoms with E-state index < -0.39 is 0 Å². The fourth-order valence-corrected chi connectivity index (χ4v) is 4.40. The highest BCUT2D eigenvalue weighted by molar-refractivity contribution is 5.98. The number of hydrogen-bond acceptors (Lipinski definition) is 5. The number of hydrogen-bond donors (Lipinski definition) is 2. The van der Waals surface area contributed by atoms with Gasteiger partial charge in [-0.25, -0.2) is 9.97 Å². The van der Waals surface area contributed by atoms with E-state index in [1.807, 2.05) is 76.5 Å². The van der Waals surface area contributed by atoms with Gasteiger partial charge >= 0.3 is 0 Å². The summed E-state index contributed by atoms with van der Waals surface area (Å²) in [6.07, 6.45) is 0. The lowest BCUT2D eigenvalue weighted by Crippen LogP contribution is -2.49. The normalized spacial score (nSPS) is 14.1. The second kappa shape index (κ2) is 8.15. The Kier molecular flexibility index (Phi) is 4.83. The van der Waals surface area contributed by atoms with Crippen molar-refractivity contribution in [3.63, 3.8) is 0 Å². The van der Waals surface area contributed by atoms with Crippen molar-refractivity contribution in [1.82, 2.24) is 24.8 Å². The molecule has 1 aliphatic rings. The molecule has 34 heavy (non-hydrogen) atoms. The van der Waals surface area contributed by atoms with Crippen LogP contribution in [0.15, 0.2) is 77.6 Å². The highest BCUT2D eigenvalue weighted by Gasteiger charge is 2.24. The summed E-state index contributed by atoms with van der Waals surface area (Å²) in [7, 11) is 0. The number of carbonyl (C=O) groups excluding carboxylic acids is 1. The molecule has 0 bridgehead atoms. The fourth-order valence-electron chi connectivity index (χ4n) is 4.40. The summed E-state index contributed by atoms with van der Waals surface area (Å²) in [4.78, 5) is 44.9. The first-order valence-corrected chi connectivity index (χ1v) is 11.2. The number of H-pyrrole nitrogens is 2. The molecule has 168 valence electrons. The van der Waals surface area contributed by atoms with Gasteiger partial charge in [-0.3, -0.25) is 14.6 Å². The maximum Gasteiger partial charge on any atom is 0.260 e. The number of aromatic nitrogens is 4. The number of para-hydroxylation sites is 1. The Labute approximate surface area is 194 Å². The molecule has 8 nitrogen and oxygen atoms in total. The van der Waals surface area contributed by atoms with Gasteiger partial charge in [0.1, 0.15) is 5.82 Å². The molecular formula is C26H22N6O2. The van der Waals surface area contributed by atoms with E-state index in [0.29, 0.717) is 48.6 Å². The lowest BCUT2D eigenvalue weighted by atomic mass is 10.1. The molecule has 0 unspecified atom stereocenters.